The fourth-order valence-electron chi connectivity index (χ4n) is 3.52. The van der Waals surface area contributed by atoms with Crippen molar-refractivity contribution in [1.82, 2.24) is 4.57 Å². The number of allylic oxidation sites excluding steroid dienone is 4. The van der Waals surface area contributed by atoms with Gasteiger partial charge in [-0.1, -0.05) is 24.3 Å². The summed E-state index contributed by atoms with van der Waals surface area (Å²) >= 11 is 0. The molecule has 0 spiro atoms. The van der Waals surface area contributed by atoms with Crippen molar-refractivity contribution in [2.45, 2.75) is 11.8 Å². The van der Waals surface area contributed by atoms with Gasteiger partial charge in [-0.05, 0) is 11.8 Å². The molecule has 2 N–H and O–H groups in total. The monoisotopic (exact) mass is 215 g/mol. The summed E-state index contributed by atoms with van der Waals surface area (Å²) in [5.74, 6) is 2.01. The van der Waals surface area contributed by atoms with Gasteiger partial charge in [0, 0.05) is 30.0 Å². The molecule has 0 radical (unpaired) electrons. The van der Waals surface area contributed by atoms with E-state index < -0.39 is 0 Å². The Bertz CT molecular complexity index is 507. The van der Waals surface area contributed by atoms with Crippen molar-refractivity contribution in [3.63, 3.8) is 0 Å². The summed E-state index contributed by atoms with van der Waals surface area (Å²) in [6.45, 7) is 0. The largest absolute Gasteiger partial charge is 0.494 e. The summed E-state index contributed by atoms with van der Waals surface area (Å²) in [6.07, 6.45) is 8.80. The Balaban J connectivity index is 2.05. The Morgan fingerprint density at radius 2 is 1.31 bits per heavy atom. The van der Waals surface area contributed by atoms with E-state index in [1.807, 2.05) is 0 Å². The van der Waals surface area contributed by atoms with Gasteiger partial charge < -0.3 is 10.2 Å². The van der Waals surface area contributed by atoms with Gasteiger partial charge in [-0.2, -0.15) is 0 Å². The molecule has 4 aliphatic rings. The highest BCUT2D eigenvalue weighted by Crippen LogP contribution is 2.61. The van der Waals surface area contributed by atoms with Crippen LogP contribution in [0.2, 0.25) is 0 Å². The van der Waals surface area contributed by atoms with Crippen LogP contribution in [0.3, 0.4) is 0 Å². The van der Waals surface area contributed by atoms with Crippen LogP contribution in [0.1, 0.15) is 23.0 Å². The first-order chi connectivity index (χ1) is 7.70. The van der Waals surface area contributed by atoms with Gasteiger partial charge >= 0.3 is 0 Å². The fraction of sp³-hybridized carbons (Fsp3) is 0.385. The molecule has 0 saturated carbocycles. The Kier molecular flexibility index (Phi) is 1.26. The summed E-state index contributed by atoms with van der Waals surface area (Å²) in [5, 5.41) is 20.1. The third-order valence-electron chi connectivity index (χ3n) is 4.43. The molecular weight excluding hydrogens is 202 g/mol. The van der Waals surface area contributed by atoms with E-state index in [2.05, 4.69) is 24.3 Å². The predicted molar refractivity (Wildman–Crippen MR) is 59.5 cm³/mol. The zero-order valence-electron chi connectivity index (χ0n) is 8.96. The van der Waals surface area contributed by atoms with E-state index in [0.29, 0.717) is 11.8 Å². The number of aromatic hydroxyl groups is 2. The van der Waals surface area contributed by atoms with Crippen molar-refractivity contribution in [2.75, 3.05) is 0 Å². The lowest BCUT2D eigenvalue weighted by Gasteiger charge is -2.47. The van der Waals surface area contributed by atoms with Gasteiger partial charge in [0.2, 0.25) is 0 Å². The maximum atomic E-state index is 10.1. The normalized spacial score (nSPS) is 37.1. The summed E-state index contributed by atoms with van der Waals surface area (Å²) in [7, 11) is 1.71. The van der Waals surface area contributed by atoms with Crippen LogP contribution < -0.4 is 0 Å². The third kappa shape index (κ3) is 0.682. The smallest absolute Gasteiger partial charge is 0.197 e. The average Bonchev–Trinajstić information content (AvgIpc) is 2.45. The van der Waals surface area contributed by atoms with Crippen LogP contribution in [0.5, 0.6) is 11.8 Å². The molecule has 0 aromatic carbocycles. The molecule has 0 fully saturated rings. The lowest BCUT2D eigenvalue weighted by molar-refractivity contribution is 0.306. The van der Waals surface area contributed by atoms with Gasteiger partial charge in [0.1, 0.15) is 0 Å². The number of hydrogen-bond donors (Lipinski definition) is 2. The molecule has 4 atom stereocenters. The summed E-state index contributed by atoms with van der Waals surface area (Å²) in [6, 6.07) is 0. The topological polar surface area (TPSA) is 45.4 Å². The fourth-order valence-corrected chi connectivity index (χ4v) is 3.52. The molecule has 0 saturated heterocycles. The molecule has 16 heavy (non-hydrogen) atoms. The first kappa shape index (κ1) is 8.50. The molecule has 5 rings (SSSR count). The lowest BCUT2D eigenvalue weighted by Crippen LogP contribution is -2.36. The van der Waals surface area contributed by atoms with Crippen molar-refractivity contribution in [2.24, 2.45) is 18.9 Å². The molecule has 82 valence electrons. The van der Waals surface area contributed by atoms with Gasteiger partial charge in [0.25, 0.3) is 0 Å². The number of nitrogens with zero attached hydrogens (tertiary/aromatic N) is 1. The second kappa shape index (κ2) is 2.37. The highest BCUT2D eigenvalue weighted by molar-refractivity contribution is 5.59. The van der Waals surface area contributed by atoms with Crippen LogP contribution in [0, 0.1) is 11.8 Å². The Morgan fingerprint density at radius 1 is 0.875 bits per heavy atom. The Hall–Kier alpha value is -1.64. The van der Waals surface area contributed by atoms with Crippen LogP contribution in [-0.4, -0.2) is 14.8 Å². The number of hydrogen-bond acceptors (Lipinski definition) is 2. The molecule has 1 aromatic heterocycles. The van der Waals surface area contributed by atoms with Crippen molar-refractivity contribution in [1.29, 1.82) is 0 Å². The second-order valence-electron chi connectivity index (χ2n) is 5.01. The SMILES string of the molecule is Cn1c(O)c2c(c1O)C1C=CC2C2C=CC12. The average molecular weight is 215 g/mol. The summed E-state index contributed by atoms with van der Waals surface area (Å²) in [4.78, 5) is 0. The summed E-state index contributed by atoms with van der Waals surface area (Å²) < 4.78 is 1.49. The molecule has 0 amide bonds. The molecule has 4 aliphatic carbocycles. The Morgan fingerprint density at radius 3 is 1.69 bits per heavy atom. The van der Waals surface area contributed by atoms with Crippen LogP contribution >= 0.6 is 0 Å². The maximum Gasteiger partial charge on any atom is 0.197 e. The lowest BCUT2D eigenvalue weighted by atomic mass is 9.56. The number of rotatable bonds is 0. The van der Waals surface area contributed by atoms with Crippen LogP contribution in [-0.2, 0) is 7.05 Å². The zero-order valence-corrected chi connectivity index (χ0v) is 8.96. The van der Waals surface area contributed by atoms with E-state index >= 15 is 0 Å². The van der Waals surface area contributed by atoms with E-state index in [4.69, 9.17) is 0 Å². The molecule has 3 nitrogen and oxygen atoms in total. The van der Waals surface area contributed by atoms with Crippen molar-refractivity contribution in [3.8, 4) is 11.8 Å². The highest BCUT2D eigenvalue weighted by atomic mass is 16.3. The molecular formula is C13H13NO2. The van der Waals surface area contributed by atoms with Gasteiger partial charge in [-0.3, -0.25) is 4.57 Å². The molecule has 2 bridgehead atoms. The van der Waals surface area contributed by atoms with Gasteiger partial charge in [-0.15, -0.1) is 0 Å². The minimum atomic E-state index is 0.227. The molecule has 4 unspecified atom stereocenters. The quantitative estimate of drug-likeness (QED) is 0.650. The van der Waals surface area contributed by atoms with E-state index in [1.54, 1.807) is 7.05 Å². The standard InChI is InChI=1S/C13H13NO2/c1-14-12(15)10-8-4-5-9(11(10)13(14)16)7-3-2-6(7)8/h2-9,15-16H,1H3. The van der Waals surface area contributed by atoms with E-state index in [-0.39, 0.29) is 23.6 Å². The van der Waals surface area contributed by atoms with Crippen molar-refractivity contribution < 1.29 is 10.2 Å². The zero-order chi connectivity index (χ0) is 11.0. The Labute approximate surface area is 93.3 Å². The van der Waals surface area contributed by atoms with Crippen LogP contribution in [0.15, 0.2) is 24.3 Å². The van der Waals surface area contributed by atoms with Crippen molar-refractivity contribution >= 4 is 0 Å². The van der Waals surface area contributed by atoms with Crippen LogP contribution in [0.25, 0.3) is 0 Å². The van der Waals surface area contributed by atoms with E-state index in [1.165, 1.54) is 4.57 Å². The minimum Gasteiger partial charge on any atom is -0.494 e. The highest BCUT2D eigenvalue weighted by Gasteiger charge is 2.49. The molecule has 1 heterocycles. The first-order valence-electron chi connectivity index (χ1n) is 5.67. The molecule has 1 aromatic rings. The predicted octanol–water partition coefficient (Wildman–Crippen LogP) is 1.99. The van der Waals surface area contributed by atoms with Crippen molar-refractivity contribution in [3.05, 3.63) is 35.4 Å². The van der Waals surface area contributed by atoms with Gasteiger partial charge in [-0.25, -0.2) is 0 Å². The second-order valence-corrected chi connectivity index (χ2v) is 5.01. The third-order valence-corrected chi connectivity index (χ3v) is 4.43. The maximum absolute atomic E-state index is 10.1. The summed E-state index contributed by atoms with van der Waals surface area (Å²) in [5.41, 5.74) is 1.89. The molecule has 0 aliphatic heterocycles. The first-order valence-corrected chi connectivity index (χ1v) is 5.67. The van der Waals surface area contributed by atoms with Crippen LogP contribution in [0.4, 0.5) is 0 Å². The van der Waals surface area contributed by atoms with E-state index in [0.717, 1.165) is 11.1 Å². The number of aromatic nitrogens is 1. The molecule has 3 heteroatoms. The van der Waals surface area contributed by atoms with E-state index in [9.17, 15) is 10.2 Å². The van der Waals surface area contributed by atoms with Gasteiger partial charge in [0.05, 0.1) is 0 Å². The van der Waals surface area contributed by atoms with Gasteiger partial charge in [0.15, 0.2) is 11.8 Å². The minimum absolute atomic E-state index is 0.227.